The first-order valence-electron chi connectivity index (χ1n) is 7.10. The van der Waals surface area contributed by atoms with Crippen molar-refractivity contribution >= 4 is 29.6 Å². The second kappa shape index (κ2) is 6.70. The highest BCUT2D eigenvalue weighted by atomic mass is 16.5. The summed E-state index contributed by atoms with van der Waals surface area (Å²) in [6, 6.07) is 15.2. The quantitative estimate of drug-likeness (QED) is 0.696. The highest BCUT2D eigenvalue weighted by Crippen LogP contribution is 2.27. The molecule has 0 atom stereocenters. The van der Waals surface area contributed by atoms with Gasteiger partial charge in [-0.1, -0.05) is 36.4 Å². The van der Waals surface area contributed by atoms with Crippen LogP contribution in [0.4, 0.5) is 5.69 Å². The summed E-state index contributed by atoms with van der Waals surface area (Å²) in [7, 11) is 1.58. The zero-order valence-corrected chi connectivity index (χ0v) is 12.6. The van der Waals surface area contributed by atoms with Crippen molar-refractivity contribution in [2.45, 2.75) is 0 Å². The molecule has 0 radical (unpaired) electrons. The van der Waals surface area contributed by atoms with Gasteiger partial charge in [0.1, 0.15) is 5.75 Å². The Morgan fingerprint density at radius 1 is 1.13 bits per heavy atom. The number of nitrogens with one attached hydrogen (secondary N) is 1. The van der Waals surface area contributed by atoms with E-state index < -0.39 is 0 Å². The number of benzene rings is 2. The summed E-state index contributed by atoms with van der Waals surface area (Å²) in [5.41, 5.74) is 2.76. The van der Waals surface area contributed by atoms with E-state index in [0.717, 1.165) is 5.56 Å². The lowest BCUT2D eigenvalue weighted by Gasteiger charge is -2.01. The second-order valence-electron chi connectivity index (χ2n) is 4.85. The van der Waals surface area contributed by atoms with Crippen molar-refractivity contribution in [1.82, 2.24) is 0 Å². The van der Waals surface area contributed by atoms with Gasteiger partial charge < -0.3 is 10.1 Å². The van der Waals surface area contributed by atoms with Crippen molar-refractivity contribution < 1.29 is 9.53 Å². The molecule has 114 valence electrons. The average molecular weight is 305 g/mol. The van der Waals surface area contributed by atoms with Gasteiger partial charge >= 0.3 is 0 Å². The molecule has 1 aliphatic heterocycles. The van der Waals surface area contributed by atoms with Crippen LogP contribution in [0.3, 0.4) is 0 Å². The molecule has 0 unspecified atom stereocenters. The zero-order valence-electron chi connectivity index (χ0n) is 12.6. The molecular formula is C18H15N3O2. The van der Waals surface area contributed by atoms with Crippen molar-refractivity contribution in [3.63, 3.8) is 0 Å². The van der Waals surface area contributed by atoms with Gasteiger partial charge in [0.2, 0.25) is 0 Å². The van der Waals surface area contributed by atoms with Gasteiger partial charge in [0.15, 0.2) is 5.71 Å². The Kier molecular flexibility index (Phi) is 4.29. The standard InChI is InChI=1S/C18H15N3O2/c1-23-14-9-10-16-15(12-14)17(18(22)20-16)21-19-11-5-8-13-6-3-2-4-7-13/h2-12H,1H3,(H,20,21,22)/b8-5+,19-11+. The molecular weight excluding hydrogens is 290 g/mol. The molecule has 0 saturated carbocycles. The summed E-state index contributed by atoms with van der Waals surface area (Å²) in [4.78, 5) is 11.9. The van der Waals surface area contributed by atoms with Gasteiger partial charge in [0, 0.05) is 11.8 Å². The van der Waals surface area contributed by atoms with Gasteiger partial charge in [-0.3, -0.25) is 4.79 Å². The van der Waals surface area contributed by atoms with Crippen LogP contribution < -0.4 is 10.1 Å². The Balaban J connectivity index is 1.77. The minimum Gasteiger partial charge on any atom is -0.497 e. The lowest BCUT2D eigenvalue weighted by molar-refractivity contribution is -0.110. The fourth-order valence-corrected chi connectivity index (χ4v) is 2.21. The molecule has 0 spiro atoms. The zero-order chi connectivity index (χ0) is 16.1. The molecule has 0 bridgehead atoms. The molecule has 5 nitrogen and oxygen atoms in total. The maximum absolute atomic E-state index is 11.9. The molecule has 0 saturated heterocycles. The van der Waals surface area contributed by atoms with Crippen molar-refractivity contribution in [3.05, 3.63) is 65.7 Å². The first-order valence-corrected chi connectivity index (χ1v) is 7.10. The molecule has 2 aromatic rings. The summed E-state index contributed by atoms with van der Waals surface area (Å²) in [5, 5.41) is 10.7. The monoisotopic (exact) mass is 305 g/mol. The molecule has 2 aromatic carbocycles. The molecule has 1 amide bonds. The third kappa shape index (κ3) is 3.35. The lowest BCUT2D eigenvalue weighted by atomic mass is 10.1. The number of nitrogens with zero attached hydrogens (tertiary/aromatic N) is 2. The molecule has 1 heterocycles. The summed E-state index contributed by atoms with van der Waals surface area (Å²) in [6.45, 7) is 0. The minimum atomic E-state index is -0.266. The number of hydrogen-bond acceptors (Lipinski definition) is 4. The van der Waals surface area contributed by atoms with Crippen LogP contribution in [0.15, 0.2) is 64.8 Å². The molecule has 0 aromatic heterocycles. The van der Waals surface area contributed by atoms with Crippen LogP contribution in [0.25, 0.3) is 6.08 Å². The van der Waals surface area contributed by atoms with E-state index in [1.165, 1.54) is 0 Å². The topological polar surface area (TPSA) is 63.1 Å². The number of anilines is 1. The van der Waals surface area contributed by atoms with Crippen LogP contribution in [-0.2, 0) is 4.79 Å². The fourth-order valence-electron chi connectivity index (χ4n) is 2.21. The lowest BCUT2D eigenvalue weighted by Crippen LogP contribution is -2.13. The van der Waals surface area contributed by atoms with E-state index in [9.17, 15) is 4.79 Å². The molecule has 5 heteroatoms. The number of allylic oxidation sites excluding steroid dienone is 1. The van der Waals surface area contributed by atoms with Crippen molar-refractivity contribution in [2.24, 2.45) is 10.2 Å². The minimum absolute atomic E-state index is 0.266. The van der Waals surface area contributed by atoms with Crippen LogP contribution >= 0.6 is 0 Å². The Morgan fingerprint density at radius 3 is 2.74 bits per heavy atom. The molecule has 0 aliphatic carbocycles. The Labute approximate surface area is 134 Å². The summed E-state index contributed by atoms with van der Waals surface area (Å²) in [6.07, 6.45) is 5.24. The van der Waals surface area contributed by atoms with Gasteiger partial charge in [-0.25, -0.2) is 0 Å². The van der Waals surface area contributed by atoms with E-state index in [1.807, 2.05) is 36.4 Å². The molecule has 23 heavy (non-hydrogen) atoms. The first-order chi connectivity index (χ1) is 11.3. The summed E-state index contributed by atoms with van der Waals surface area (Å²) in [5.74, 6) is 0.401. The van der Waals surface area contributed by atoms with Crippen LogP contribution in [0.1, 0.15) is 11.1 Å². The largest absolute Gasteiger partial charge is 0.497 e. The number of ether oxygens (including phenoxy) is 1. The maximum atomic E-state index is 11.9. The first kappa shape index (κ1) is 14.7. The van der Waals surface area contributed by atoms with E-state index in [1.54, 1.807) is 37.6 Å². The van der Waals surface area contributed by atoms with E-state index in [2.05, 4.69) is 15.5 Å². The smallest absolute Gasteiger partial charge is 0.276 e. The van der Waals surface area contributed by atoms with Gasteiger partial charge in [0.05, 0.1) is 12.8 Å². The van der Waals surface area contributed by atoms with Crippen molar-refractivity contribution in [1.29, 1.82) is 0 Å². The normalized spacial score (nSPS) is 15.3. The third-order valence-electron chi connectivity index (χ3n) is 3.34. The number of carbonyl (C=O) groups excluding carboxylic acids is 1. The Morgan fingerprint density at radius 2 is 1.96 bits per heavy atom. The number of rotatable bonds is 4. The number of methoxy groups -OCH3 is 1. The number of hydrogen-bond donors (Lipinski definition) is 1. The van der Waals surface area contributed by atoms with E-state index in [4.69, 9.17) is 4.74 Å². The van der Waals surface area contributed by atoms with Gasteiger partial charge in [-0.2, -0.15) is 5.10 Å². The predicted octanol–water partition coefficient (Wildman–Crippen LogP) is 3.14. The number of fused-ring (bicyclic) bond motifs is 1. The Bertz CT molecular complexity index is 808. The predicted molar refractivity (Wildman–Crippen MR) is 92.1 cm³/mol. The summed E-state index contributed by atoms with van der Waals surface area (Å²) >= 11 is 0. The SMILES string of the molecule is COc1ccc2c(c1)\C(=N/N=C/C=C/c1ccccc1)C(=O)N2. The van der Waals surface area contributed by atoms with E-state index >= 15 is 0 Å². The van der Waals surface area contributed by atoms with Crippen molar-refractivity contribution in [2.75, 3.05) is 12.4 Å². The van der Waals surface area contributed by atoms with Crippen LogP contribution in [-0.4, -0.2) is 24.9 Å². The van der Waals surface area contributed by atoms with E-state index in [-0.39, 0.29) is 11.6 Å². The van der Waals surface area contributed by atoms with Gasteiger partial charge in [-0.05, 0) is 29.8 Å². The van der Waals surface area contributed by atoms with Crippen molar-refractivity contribution in [3.8, 4) is 5.75 Å². The van der Waals surface area contributed by atoms with E-state index in [0.29, 0.717) is 17.0 Å². The van der Waals surface area contributed by atoms with Crippen LogP contribution in [0.5, 0.6) is 5.75 Å². The molecule has 0 fully saturated rings. The number of carbonyl (C=O) groups is 1. The van der Waals surface area contributed by atoms with Crippen LogP contribution in [0, 0.1) is 0 Å². The Hall–Kier alpha value is -3.21. The number of amides is 1. The maximum Gasteiger partial charge on any atom is 0.276 e. The fraction of sp³-hybridized carbons (Fsp3) is 0.0556. The highest BCUT2D eigenvalue weighted by molar-refractivity contribution is 6.53. The summed E-state index contributed by atoms with van der Waals surface area (Å²) < 4.78 is 5.17. The molecule has 1 aliphatic rings. The highest BCUT2D eigenvalue weighted by Gasteiger charge is 2.26. The average Bonchev–Trinajstić information content (AvgIpc) is 2.90. The molecule has 1 N–H and O–H groups in total. The van der Waals surface area contributed by atoms with Crippen LogP contribution in [0.2, 0.25) is 0 Å². The molecule has 3 rings (SSSR count). The van der Waals surface area contributed by atoms with Gasteiger partial charge in [-0.15, -0.1) is 5.10 Å². The van der Waals surface area contributed by atoms with Gasteiger partial charge in [0.25, 0.3) is 5.91 Å². The second-order valence-corrected chi connectivity index (χ2v) is 4.85. The third-order valence-corrected chi connectivity index (χ3v) is 3.34.